The number of piperazine rings is 1. The largest absolute Gasteiger partial charge is 0.355 e. The summed E-state index contributed by atoms with van der Waals surface area (Å²) in [6.07, 6.45) is 3.26. The molecule has 0 spiro atoms. The molecule has 1 fully saturated rings. The highest BCUT2D eigenvalue weighted by Gasteiger charge is 2.31. The van der Waals surface area contributed by atoms with Crippen molar-refractivity contribution in [2.24, 2.45) is 0 Å². The summed E-state index contributed by atoms with van der Waals surface area (Å²) in [7, 11) is -4.04. The van der Waals surface area contributed by atoms with Crippen molar-refractivity contribution < 1.29 is 22.0 Å². The maximum Gasteiger partial charge on any atom is 0.355 e. The third-order valence-electron chi connectivity index (χ3n) is 6.80. The van der Waals surface area contributed by atoms with E-state index in [0.717, 1.165) is 29.2 Å². The quantitative estimate of drug-likeness (QED) is 0.302. The Morgan fingerprint density at radius 1 is 1.12 bits per heavy atom. The highest BCUT2D eigenvalue weighted by atomic mass is 35.5. The van der Waals surface area contributed by atoms with Crippen molar-refractivity contribution in [3.63, 3.8) is 0 Å². The number of rotatable bonds is 5. The Morgan fingerprint density at radius 2 is 1.81 bits per heavy atom. The highest BCUT2D eigenvalue weighted by Crippen LogP contribution is 2.37. The van der Waals surface area contributed by atoms with Gasteiger partial charge in [-0.25, -0.2) is 36.5 Å². The summed E-state index contributed by atoms with van der Waals surface area (Å²) >= 11 is 13.0. The SMILES string of the molecule is C=CC(=O)N1CCN(c2nc(=O)n(-c3c(Cl)ccnc3S(C)(=O)=O)c3nc(-c4c(F)cccc4F)c(Cl)cc23)[C@@H](C)C1. The molecule has 4 aromatic rings. The van der Waals surface area contributed by atoms with Crippen LogP contribution < -0.4 is 10.6 Å². The monoisotopic (exact) mass is 634 g/mol. The third kappa shape index (κ3) is 5.12. The molecule has 1 aliphatic rings. The molecule has 0 saturated carbocycles. The van der Waals surface area contributed by atoms with Gasteiger partial charge in [-0.2, -0.15) is 4.98 Å². The number of sulfone groups is 1. The van der Waals surface area contributed by atoms with E-state index < -0.39 is 37.8 Å². The van der Waals surface area contributed by atoms with Crippen molar-refractivity contribution >= 4 is 55.8 Å². The van der Waals surface area contributed by atoms with Crippen LogP contribution in [0.5, 0.6) is 0 Å². The molecular formula is C27H22Cl2F2N6O4S. The number of carbonyl (C=O) groups is 1. The minimum atomic E-state index is -4.04. The molecule has 10 nitrogen and oxygen atoms in total. The van der Waals surface area contributed by atoms with Crippen LogP contribution in [0.25, 0.3) is 28.0 Å². The summed E-state index contributed by atoms with van der Waals surface area (Å²) in [6, 6.07) is 5.51. The average Bonchev–Trinajstić information content (AvgIpc) is 2.92. The number of nitrogens with zero attached hydrogens (tertiary/aromatic N) is 6. The van der Waals surface area contributed by atoms with E-state index in [1.165, 1.54) is 24.3 Å². The maximum absolute atomic E-state index is 14.9. The second kappa shape index (κ2) is 11.0. The van der Waals surface area contributed by atoms with Crippen molar-refractivity contribution in [3.8, 4) is 16.9 Å². The number of anilines is 1. The van der Waals surface area contributed by atoms with Crippen LogP contribution in [-0.2, 0) is 14.6 Å². The maximum atomic E-state index is 14.9. The number of aromatic nitrogens is 4. The summed E-state index contributed by atoms with van der Waals surface area (Å²) in [5.74, 6) is -2.05. The van der Waals surface area contributed by atoms with Crippen molar-refractivity contribution in [2.45, 2.75) is 18.0 Å². The molecule has 0 radical (unpaired) electrons. The second-order valence-corrected chi connectivity index (χ2v) is 12.3. The fourth-order valence-electron chi connectivity index (χ4n) is 4.91. The first-order chi connectivity index (χ1) is 19.8. The standard InChI is InChI=1S/C27H22Cl2F2N6O4S/c1-4-20(38)35-10-11-36(14(2)13-35)24-15-12-17(29)22(21-18(30)6-5-7-19(21)31)33-25(15)37(27(39)34-24)23-16(28)8-9-32-26(23)42(3,40)41/h4-9,12,14H,1,10-11,13H2,2-3H3/t14-/m0/s1. The van der Waals surface area contributed by atoms with Gasteiger partial charge < -0.3 is 9.80 Å². The zero-order valence-electron chi connectivity index (χ0n) is 22.2. The van der Waals surface area contributed by atoms with E-state index in [9.17, 15) is 26.8 Å². The Kier molecular flexibility index (Phi) is 7.77. The summed E-state index contributed by atoms with van der Waals surface area (Å²) < 4.78 is 56.0. The van der Waals surface area contributed by atoms with Gasteiger partial charge in [-0.1, -0.05) is 35.8 Å². The predicted octanol–water partition coefficient (Wildman–Crippen LogP) is 4.05. The molecule has 5 rings (SSSR count). The molecule has 4 heterocycles. The van der Waals surface area contributed by atoms with Crippen molar-refractivity contribution in [1.82, 2.24) is 24.4 Å². The Hall–Kier alpha value is -3.94. The summed E-state index contributed by atoms with van der Waals surface area (Å²) in [5, 5.41) is -0.694. The lowest BCUT2D eigenvalue weighted by atomic mass is 10.1. The summed E-state index contributed by atoms with van der Waals surface area (Å²) in [5.41, 5.74) is -2.42. The smallest absolute Gasteiger partial charge is 0.350 e. The Labute approximate surface area is 248 Å². The first-order valence-electron chi connectivity index (χ1n) is 12.4. The lowest BCUT2D eigenvalue weighted by Gasteiger charge is -2.40. The predicted molar refractivity (Wildman–Crippen MR) is 155 cm³/mol. The molecule has 1 aliphatic heterocycles. The molecule has 0 N–H and O–H groups in total. The lowest BCUT2D eigenvalue weighted by molar-refractivity contribution is -0.126. The molecule has 0 bridgehead atoms. The lowest BCUT2D eigenvalue weighted by Crippen LogP contribution is -2.54. The number of hydrogen-bond acceptors (Lipinski definition) is 8. The van der Waals surface area contributed by atoms with Crippen LogP contribution in [0.1, 0.15) is 6.92 Å². The third-order valence-corrected chi connectivity index (χ3v) is 8.40. The molecule has 1 amide bonds. The van der Waals surface area contributed by atoms with Crippen LogP contribution >= 0.6 is 23.2 Å². The Morgan fingerprint density at radius 3 is 2.43 bits per heavy atom. The van der Waals surface area contributed by atoms with E-state index in [4.69, 9.17) is 23.2 Å². The molecule has 0 aliphatic carbocycles. The second-order valence-electron chi connectivity index (χ2n) is 9.59. The van der Waals surface area contributed by atoms with Gasteiger partial charge in [0.15, 0.2) is 20.5 Å². The zero-order valence-corrected chi connectivity index (χ0v) is 24.5. The minimum absolute atomic E-state index is 0.125. The van der Waals surface area contributed by atoms with Gasteiger partial charge in [0.2, 0.25) is 5.91 Å². The first-order valence-corrected chi connectivity index (χ1v) is 15.1. The molecule has 42 heavy (non-hydrogen) atoms. The summed E-state index contributed by atoms with van der Waals surface area (Å²) in [6.45, 7) is 6.16. The molecule has 15 heteroatoms. The van der Waals surface area contributed by atoms with Crippen molar-refractivity contribution in [2.75, 3.05) is 30.8 Å². The molecular weight excluding hydrogens is 613 g/mol. The van der Waals surface area contributed by atoms with Gasteiger partial charge >= 0.3 is 5.69 Å². The van der Waals surface area contributed by atoms with E-state index in [0.29, 0.717) is 0 Å². The fourth-order valence-corrected chi connectivity index (χ4v) is 6.25. The molecule has 0 unspecified atom stereocenters. The topological polar surface area (TPSA) is 118 Å². The molecule has 3 aromatic heterocycles. The van der Waals surface area contributed by atoms with Gasteiger partial charge in [0, 0.05) is 38.1 Å². The number of amides is 1. The number of pyridine rings is 2. The average molecular weight is 635 g/mol. The molecule has 1 saturated heterocycles. The molecule has 1 atom stereocenters. The van der Waals surface area contributed by atoms with E-state index >= 15 is 0 Å². The van der Waals surface area contributed by atoms with Crippen LogP contribution in [0, 0.1) is 11.6 Å². The normalized spacial score (nSPS) is 15.7. The van der Waals surface area contributed by atoms with E-state index in [1.54, 1.807) is 9.80 Å². The summed E-state index contributed by atoms with van der Waals surface area (Å²) in [4.78, 5) is 42.0. The number of carbonyl (C=O) groups excluding carboxylic acids is 1. The number of fused-ring (bicyclic) bond motifs is 1. The Bertz CT molecular complexity index is 1930. The van der Waals surface area contributed by atoms with Crippen LogP contribution in [-0.4, -0.2) is 70.7 Å². The van der Waals surface area contributed by atoms with Crippen LogP contribution in [0.4, 0.5) is 14.6 Å². The van der Waals surface area contributed by atoms with Gasteiger partial charge in [0.25, 0.3) is 0 Å². The van der Waals surface area contributed by atoms with Crippen LogP contribution in [0.2, 0.25) is 10.0 Å². The van der Waals surface area contributed by atoms with Gasteiger partial charge in [-0.3, -0.25) is 4.79 Å². The van der Waals surface area contributed by atoms with E-state index in [-0.39, 0.29) is 69.9 Å². The van der Waals surface area contributed by atoms with E-state index in [2.05, 4.69) is 21.5 Å². The first kappa shape index (κ1) is 29.5. The van der Waals surface area contributed by atoms with Crippen LogP contribution in [0.3, 0.4) is 0 Å². The Balaban J connectivity index is 1.86. The van der Waals surface area contributed by atoms with Crippen molar-refractivity contribution in [1.29, 1.82) is 0 Å². The minimum Gasteiger partial charge on any atom is -0.350 e. The number of benzene rings is 1. The highest BCUT2D eigenvalue weighted by molar-refractivity contribution is 7.90. The molecule has 218 valence electrons. The van der Waals surface area contributed by atoms with Gasteiger partial charge in [-0.05, 0) is 37.3 Å². The number of hydrogen-bond donors (Lipinski definition) is 0. The molecule has 1 aromatic carbocycles. The van der Waals surface area contributed by atoms with Crippen molar-refractivity contribution in [3.05, 3.63) is 81.3 Å². The van der Waals surface area contributed by atoms with Gasteiger partial charge in [0.1, 0.15) is 23.1 Å². The fraction of sp³-hybridized carbons (Fsp3) is 0.222. The van der Waals surface area contributed by atoms with Gasteiger partial charge in [-0.15, -0.1) is 0 Å². The zero-order chi connectivity index (χ0) is 30.5. The van der Waals surface area contributed by atoms with Crippen LogP contribution in [0.15, 0.2) is 59.0 Å². The van der Waals surface area contributed by atoms with Gasteiger partial charge in [0.05, 0.1) is 26.7 Å². The van der Waals surface area contributed by atoms with E-state index in [1.807, 2.05) is 6.92 Å². The number of halogens is 4.